The van der Waals surface area contributed by atoms with Crippen LogP contribution in [0, 0.1) is 0 Å². The molecule has 1 saturated carbocycles. The Kier molecular flexibility index (Phi) is 2.42. The molecule has 1 fully saturated rings. The van der Waals surface area contributed by atoms with Gasteiger partial charge in [-0.15, -0.1) is 0 Å². The molecule has 0 spiro atoms. The van der Waals surface area contributed by atoms with E-state index in [9.17, 15) is 9.90 Å². The SMILES string of the molecule is O=C(O)c1c2c(nn1C1CCCC1)CSC2. The van der Waals surface area contributed by atoms with Crippen molar-refractivity contribution in [1.82, 2.24) is 9.78 Å². The third-order valence-corrected chi connectivity index (χ3v) is 4.42. The number of aromatic nitrogens is 2. The molecule has 3 rings (SSSR count). The van der Waals surface area contributed by atoms with Crippen LogP contribution in [0.1, 0.15) is 53.5 Å². The summed E-state index contributed by atoms with van der Waals surface area (Å²) in [6.45, 7) is 0. The Labute approximate surface area is 98.0 Å². The van der Waals surface area contributed by atoms with E-state index in [0.29, 0.717) is 11.7 Å². The van der Waals surface area contributed by atoms with E-state index in [0.717, 1.165) is 35.6 Å². The number of carbonyl (C=O) groups is 1. The molecule has 4 nitrogen and oxygen atoms in total. The second-order valence-electron chi connectivity index (χ2n) is 4.45. The zero-order valence-electron chi connectivity index (χ0n) is 8.98. The lowest BCUT2D eigenvalue weighted by atomic mass is 10.2. The van der Waals surface area contributed by atoms with Gasteiger partial charge < -0.3 is 5.11 Å². The molecule has 5 heteroatoms. The van der Waals surface area contributed by atoms with E-state index in [4.69, 9.17) is 0 Å². The molecule has 1 aromatic heterocycles. The van der Waals surface area contributed by atoms with Crippen LogP contribution in [0.15, 0.2) is 0 Å². The zero-order chi connectivity index (χ0) is 11.1. The van der Waals surface area contributed by atoms with Gasteiger partial charge in [-0.3, -0.25) is 4.68 Å². The maximum absolute atomic E-state index is 11.3. The fourth-order valence-corrected chi connectivity index (χ4v) is 3.71. The number of rotatable bonds is 2. The molecular formula is C11H14N2O2S. The number of hydrogen-bond acceptors (Lipinski definition) is 3. The van der Waals surface area contributed by atoms with Gasteiger partial charge in [0.25, 0.3) is 0 Å². The summed E-state index contributed by atoms with van der Waals surface area (Å²) in [5.41, 5.74) is 2.41. The molecule has 2 aliphatic rings. The number of nitrogens with zero attached hydrogens (tertiary/aromatic N) is 2. The van der Waals surface area contributed by atoms with E-state index in [1.54, 1.807) is 16.4 Å². The Balaban J connectivity index is 2.06. The van der Waals surface area contributed by atoms with Crippen molar-refractivity contribution in [2.24, 2.45) is 0 Å². The molecule has 1 N–H and O–H groups in total. The average Bonchev–Trinajstić information content (AvgIpc) is 2.92. The van der Waals surface area contributed by atoms with Gasteiger partial charge in [0.05, 0.1) is 11.7 Å². The van der Waals surface area contributed by atoms with Crippen molar-refractivity contribution in [3.63, 3.8) is 0 Å². The Bertz CT molecular complexity index is 435. The van der Waals surface area contributed by atoms with Crippen molar-refractivity contribution in [2.45, 2.75) is 43.2 Å². The first-order valence-electron chi connectivity index (χ1n) is 5.68. The van der Waals surface area contributed by atoms with Crippen LogP contribution in [0.25, 0.3) is 0 Å². The highest BCUT2D eigenvalue weighted by Gasteiger charge is 2.30. The van der Waals surface area contributed by atoms with Gasteiger partial charge in [0.15, 0.2) is 5.69 Å². The second-order valence-corrected chi connectivity index (χ2v) is 5.44. The lowest BCUT2D eigenvalue weighted by Crippen LogP contribution is -2.15. The van der Waals surface area contributed by atoms with Gasteiger partial charge in [-0.25, -0.2) is 4.79 Å². The summed E-state index contributed by atoms with van der Waals surface area (Å²) in [7, 11) is 0. The first-order valence-corrected chi connectivity index (χ1v) is 6.84. The fourth-order valence-electron chi connectivity index (χ4n) is 2.67. The molecular weight excluding hydrogens is 224 g/mol. The Morgan fingerprint density at radius 1 is 1.38 bits per heavy atom. The summed E-state index contributed by atoms with van der Waals surface area (Å²) in [6, 6.07) is 0.321. The lowest BCUT2D eigenvalue weighted by molar-refractivity contribution is 0.0679. The second kappa shape index (κ2) is 3.80. The molecule has 1 aliphatic heterocycles. The van der Waals surface area contributed by atoms with Crippen LogP contribution >= 0.6 is 11.8 Å². The molecule has 1 aliphatic carbocycles. The average molecular weight is 238 g/mol. The van der Waals surface area contributed by atoms with Crippen molar-refractivity contribution in [3.8, 4) is 0 Å². The van der Waals surface area contributed by atoms with Crippen LogP contribution in [-0.4, -0.2) is 20.9 Å². The molecule has 0 bridgehead atoms. The summed E-state index contributed by atoms with van der Waals surface area (Å²) >= 11 is 1.75. The van der Waals surface area contributed by atoms with E-state index in [1.165, 1.54) is 12.8 Å². The van der Waals surface area contributed by atoms with Crippen molar-refractivity contribution in [2.75, 3.05) is 0 Å². The van der Waals surface area contributed by atoms with Gasteiger partial charge in [-0.1, -0.05) is 12.8 Å². The predicted molar refractivity (Wildman–Crippen MR) is 61.7 cm³/mol. The Morgan fingerprint density at radius 3 is 2.81 bits per heavy atom. The molecule has 0 radical (unpaired) electrons. The maximum atomic E-state index is 11.3. The van der Waals surface area contributed by atoms with E-state index in [-0.39, 0.29) is 0 Å². The Hall–Kier alpha value is -0.970. The van der Waals surface area contributed by atoms with Gasteiger partial charge >= 0.3 is 5.97 Å². The third kappa shape index (κ3) is 1.45. The summed E-state index contributed by atoms with van der Waals surface area (Å²) in [4.78, 5) is 11.3. The molecule has 1 aromatic rings. The highest BCUT2D eigenvalue weighted by atomic mass is 32.2. The van der Waals surface area contributed by atoms with Crippen LogP contribution in [-0.2, 0) is 11.5 Å². The first-order chi connectivity index (χ1) is 7.77. The van der Waals surface area contributed by atoms with Crippen molar-refractivity contribution >= 4 is 17.7 Å². The van der Waals surface area contributed by atoms with Crippen LogP contribution in [0.5, 0.6) is 0 Å². The molecule has 0 aromatic carbocycles. The van der Waals surface area contributed by atoms with Crippen LogP contribution in [0.3, 0.4) is 0 Å². The van der Waals surface area contributed by atoms with Crippen LogP contribution in [0.4, 0.5) is 0 Å². The predicted octanol–water partition coefficient (Wildman–Crippen LogP) is 2.44. The first kappa shape index (κ1) is 10.2. The number of thioether (sulfide) groups is 1. The van der Waals surface area contributed by atoms with Crippen LogP contribution < -0.4 is 0 Å². The van der Waals surface area contributed by atoms with Gasteiger partial charge in [0.1, 0.15) is 0 Å². The van der Waals surface area contributed by atoms with Gasteiger partial charge in [-0.2, -0.15) is 16.9 Å². The summed E-state index contributed by atoms with van der Waals surface area (Å²) in [5.74, 6) is 0.863. The monoisotopic (exact) mass is 238 g/mol. The minimum atomic E-state index is -0.817. The van der Waals surface area contributed by atoms with Crippen molar-refractivity contribution in [1.29, 1.82) is 0 Å². The van der Waals surface area contributed by atoms with E-state index in [1.807, 2.05) is 0 Å². The molecule has 0 amide bonds. The quantitative estimate of drug-likeness (QED) is 0.859. The summed E-state index contributed by atoms with van der Waals surface area (Å²) in [6.07, 6.45) is 4.55. The van der Waals surface area contributed by atoms with Crippen LogP contribution in [0.2, 0.25) is 0 Å². The fraction of sp³-hybridized carbons (Fsp3) is 0.636. The molecule has 16 heavy (non-hydrogen) atoms. The number of fused-ring (bicyclic) bond motifs is 1. The topological polar surface area (TPSA) is 55.1 Å². The largest absolute Gasteiger partial charge is 0.477 e. The molecule has 0 unspecified atom stereocenters. The highest BCUT2D eigenvalue weighted by Crippen LogP contribution is 2.36. The molecule has 0 atom stereocenters. The standard InChI is InChI=1S/C11H14N2O2S/c14-11(15)10-8-5-16-6-9(8)12-13(10)7-3-1-2-4-7/h7H,1-6H2,(H,14,15). The minimum Gasteiger partial charge on any atom is -0.477 e. The van der Waals surface area contributed by atoms with E-state index in [2.05, 4.69) is 5.10 Å². The summed E-state index contributed by atoms with van der Waals surface area (Å²) < 4.78 is 1.79. The van der Waals surface area contributed by atoms with Gasteiger partial charge in [0.2, 0.25) is 0 Å². The molecule has 2 heterocycles. The number of carboxylic acids is 1. The lowest BCUT2D eigenvalue weighted by Gasteiger charge is -2.12. The van der Waals surface area contributed by atoms with E-state index < -0.39 is 5.97 Å². The van der Waals surface area contributed by atoms with Crippen molar-refractivity contribution < 1.29 is 9.90 Å². The minimum absolute atomic E-state index is 0.321. The zero-order valence-corrected chi connectivity index (χ0v) is 9.79. The van der Waals surface area contributed by atoms with Gasteiger partial charge in [-0.05, 0) is 12.8 Å². The molecule has 86 valence electrons. The van der Waals surface area contributed by atoms with Gasteiger partial charge in [0, 0.05) is 17.1 Å². The number of aromatic carboxylic acids is 1. The molecule has 0 saturated heterocycles. The van der Waals surface area contributed by atoms with Crippen molar-refractivity contribution in [3.05, 3.63) is 17.0 Å². The third-order valence-electron chi connectivity index (χ3n) is 3.45. The number of hydrogen-bond donors (Lipinski definition) is 1. The Morgan fingerprint density at radius 2 is 2.12 bits per heavy atom. The maximum Gasteiger partial charge on any atom is 0.354 e. The summed E-state index contributed by atoms with van der Waals surface area (Å²) in [5, 5.41) is 13.8. The number of carboxylic acid groups (broad SMARTS) is 1. The highest BCUT2D eigenvalue weighted by molar-refractivity contribution is 7.98. The normalized spacial score (nSPS) is 20.2. The van der Waals surface area contributed by atoms with E-state index >= 15 is 0 Å². The smallest absolute Gasteiger partial charge is 0.354 e.